The second-order valence-corrected chi connectivity index (χ2v) is 7.02. The molecule has 23 heavy (non-hydrogen) atoms. The lowest BCUT2D eigenvalue weighted by molar-refractivity contribution is -0.323. The summed E-state index contributed by atoms with van der Waals surface area (Å²) >= 11 is 0. The van der Waals surface area contributed by atoms with Gasteiger partial charge in [0.05, 0.1) is 18.3 Å². The third-order valence-electron chi connectivity index (χ3n) is 4.78. The van der Waals surface area contributed by atoms with Crippen molar-refractivity contribution in [2.45, 2.75) is 76.0 Å². The van der Waals surface area contributed by atoms with E-state index in [0.29, 0.717) is 18.8 Å². The minimum absolute atomic E-state index is 0.312. The highest BCUT2D eigenvalue weighted by molar-refractivity contribution is 5.15. The standard InChI is InChI=1S/C16H28O7/c1-8(2)9-4-5-16(3,21)11(6-9)23-15-14(20)13(19)12(18)10(7-17)22-15/h4,8,10-15,17-21H,5-7H2,1-3H3/t10-,11+,12+,13+,14+,15+,16-/m0/s1. The Bertz CT molecular complexity index is 432. The third-order valence-corrected chi connectivity index (χ3v) is 4.78. The number of aliphatic hydroxyl groups excluding tert-OH is 4. The number of rotatable bonds is 4. The molecule has 7 nitrogen and oxygen atoms in total. The molecule has 0 aromatic rings. The van der Waals surface area contributed by atoms with E-state index in [1.807, 2.05) is 6.08 Å². The van der Waals surface area contributed by atoms with E-state index in [0.717, 1.165) is 5.57 Å². The van der Waals surface area contributed by atoms with Crippen LogP contribution in [0.15, 0.2) is 11.6 Å². The van der Waals surface area contributed by atoms with Gasteiger partial charge in [-0.1, -0.05) is 25.5 Å². The molecule has 7 heteroatoms. The molecule has 0 bridgehead atoms. The maximum atomic E-state index is 10.5. The molecule has 0 radical (unpaired) electrons. The average molecular weight is 332 g/mol. The summed E-state index contributed by atoms with van der Waals surface area (Å²) < 4.78 is 11.1. The van der Waals surface area contributed by atoms with Crippen LogP contribution in [0, 0.1) is 5.92 Å². The second kappa shape index (κ2) is 7.14. The third kappa shape index (κ3) is 3.93. The Morgan fingerprint density at radius 3 is 2.48 bits per heavy atom. The molecule has 134 valence electrons. The fourth-order valence-corrected chi connectivity index (χ4v) is 2.99. The summed E-state index contributed by atoms with van der Waals surface area (Å²) in [5.41, 5.74) is 0.0168. The highest BCUT2D eigenvalue weighted by Crippen LogP contribution is 2.35. The molecule has 0 spiro atoms. The van der Waals surface area contributed by atoms with Crippen LogP contribution in [0.2, 0.25) is 0 Å². The number of aliphatic hydroxyl groups is 5. The van der Waals surface area contributed by atoms with Crippen molar-refractivity contribution in [1.82, 2.24) is 0 Å². The minimum atomic E-state index is -1.49. The van der Waals surface area contributed by atoms with Gasteiger partial charge in [-0.2, -0.15) is 0 Å². The summed E-state index contributed by atoms with van der Waals surface area (Å²) in [6.07, 6.45) is -4.34. The summed E-state index contributed by atoms with van der Waals surface area (Å²) in [5, 5.41) is 49.4. The van der Waals surface area contributed by atoms with E-state index < -0.39 is 49.0 Å². The fourth-order valence-electron chi connectivity index (χ4n) is 2.99. The first-order valence-electron chi connectivity index (χ1n) is 8.04. The molecular weight excluding hydrogens is 304 g/mol. The molecule has 0 amide bonds. The van der Waals surface area contributed by atoms with Crippen LogP contribution < -0.4 is 0 Å². The highest BCUT2D eigenvalue weighted by atomic mass is 16.7. The molecule has 0 unspecified atom stereocenters. The Morgan fingerprint density at radius 2 is 1.91 bits per heavy atom. The Hall–Kier alpha value is -0.540. The fraction of sp³-hybridized carbons (Fsp3) is 0.875. The molecule has 0 aromatic heterocycles. The van der Waals surface area contributed by atoms with Crippen LogP contribution in [0.25, 0.3) is 0 Å². The Morgan fingerprint density at radius 1 is 1.26 bits per heavy atom. The van der Waals surface area contributed by atoms with Gasteiger partial charge < -0.3 is 35.0 Å². The van der Waals surface area contributed by atoms with Gasteiger partial charge in [0.2, 0.25) is 0 Å². The van der Waals surface area contributed by atoms with E-state index in [1.165, 1.54) is 0 Å². The van der Waals surface area contributed by atoms with Gasteiger partial charge in [0, 0.05) is 0 Å². The highest BCUT2D eigenvalue weighted by Gasteiger charge is 2.47. The van der Waals surface area contributed by atoms with E-state index in [9.17, 15) is 25.5 Å². The van der Waals surface area contributed by atoms with Gasteiger partial charge in [-0.25, -0.2) is 0 Å². The topological polar surface area (TPSA) is 120 Å². The number of hydrogen-bond donors (Lipinski definition) is 5. The monoisotopic (exact) mass is 332 g/mol. The summed E-state index contributed by atoms with van der Waals surface area (Å²) in [6.45, 7) is 5.24. The van der Waals surface area contributed by atoms with Crippen LogP contribution in [-0.4, -0.2) is 74.6 Å². The SMILES string of the molecule is CC(C)C1=CC[C@](C)(O)[C@H](O[C@H]2O[C@@H](CO)[C@@H](O)[C@@H](O)[C@H]2O)C1. The van der Waals surface area contributed by atoms with Gasteiger partial charge in [-0.15, -0.1) is 0 Å². The Kier molecular flexibility index (Phi) is 5.84. The predicted molar refractivity (Wildman–Crippen MR) is 81.4 cm³/mol. The molecule has 1 aliphatic heterocycles. The molecule has 2 aliphatic rings. The number of hydrogen-bond acceptors (Lipinski definition) is 7. The van der Waals surface area contributed by atoms with Gasteiger partial charge in [-0.3, -0.25) is 0 Å². The van der Waals surface area contributed by atoms with Crippen molar-refractivity contribution in [2.24, 2.45) is 5.92 Å². The molecule has 0 saturated carbocycles. The molecular formula is C16H28O7. The van der Waals surface area contributed by atoms with Crippen LogP contribution in [0.5, 0.6) is 0 Å². The van der Waals surface area contributed by atoms with Crippen molar-refractivity contribution >= 4 is 0 Å². The van der Waals surface area contributed by atoms with Gasteiger partial charge in [0.1, 0.15) is 24.4 Å². The molecule has 2 rings (SSSR count). The normalized spacial score (nSPS) is 45.2. The van der Waals surface area contributed by atoms with E-state index in [-0.39, 0.29) is 0 Å². The molecule has 7 atom stereocenters. The Balaban J connectivity index is 2.11. The lowest BCUT2D eigenvalue weighted by atomic mass is 9.80. The molecule has 1 aliphatic carbocycles. The molecule has 0 aromatic carbocycles. The second-order valence-electron chi connectivity index (χ2n) is 7.02. The van der Waals surface area contributed by atoms with Crippen molar-refractivity contribution in [3.05, 3.63) is 11.6 Å². The first-order chi connectivity index (χ1) is 10.7. The molecule has 1 heterocycles. The van der Waals surface area contributed by atoms with Gasteiger partial charge in [0.25, 0.3) is 0 Å². The lowest BCUT2D eigenvalue weighted by Gasteiger charge is -2.44. The van der Waals surface area contributed by atoms with Crippen molar-refractivity contribution < 1.29 is 35.0 Å². The first-order valence-corrected chi connectivity index (χ1v) is 8.04. The number of ether oxygens (including phenoxy) is 2. The van der Waals surface area contributed by atoms with E-state index in [4.69, 9.17) is 9.47 Å². The zero-order valence-corrected chi connectivity index (χ0v) is 13.8. The maximum Gasteiger partial charge on any atom is 0.187 e. The van der Waals surface area contributed by atoms with Gasteiger partial charge >= 0.3 is 0 Å². The first kappa shape index (κ1) is 18.8. The van der Waals surface area contributed by atoms with Crippen LogP contribution in [0.1, 0.15) is 33.6 Å². The van der Waals surface area contributed by atoms with Gasteiger partial charge in [0.15, 0.2) is 6.29 Å². The zero-order valence-electron chi connectivity index (χ0n) is 13.8. The molecule has 5 N–H and O–H groups in total. The lowest BCUT2D eigenvalue weighted by Crippen LogP contribution is -2.61. The molecule has 1 saturated heterocycles. The predicted octanol–water partition coefficient (Wildman–Crippen LogP) is -0.701. The van der Waals surface area contributed by atoms with E-state index >= 15 is 0 Å². The van der Waals surface area contributed by atoms with Crippen LogP contribution in [-0.2, 0) is 9.47 Å². The smallest absolute Gasteiger partial charge is 0.187 e. The minimum Gasteiger partial charge on any atom is -0.394 e. The van der Waals surface area contributed by atoms with Crippen molar-refractivity contribution in [3.8, 4) is 0 Å². The molecule has 1 fully saturated rings. The maximum absolute atomic E-state index is 10.5. The quantitative estimate of drug-likeness (QED) is 0.432. The summed E-state index contributed by atoms with van der Waals surface area (Å²) in [6, 6.07) is 0. The van der Waals surface area contributed by atoms with Gasteiger partial charge in [-0.05, 0) is 25.7 Å². The van der Waals surface area contributed by atoms with Crippen molar-refractivity contribution in [1.29, 1.82) is 0 Å². The average Bonchev–Trinajstić information content (AvgIpc) is 2.49. The zero-order chi connectivity index (χ0) is 17.4. The largest absolute Gasteiger partial charge is 0.394 e. The van der Waals surface area contributed by atoms with Crippen LogP contribution >= 0.6 is 0 Å². The van der Waals surface area contributed by atoms with Crippen LogP contribution in [0.4, 0.5) is 0 Å². The van der Waals surface area contributed by atoms with Crippen molar-refractivity contribution in [2.75, 3.05) is 6.61 Å². The van der Waals surface area contributed by atoms with E-state index in [2.05, 4.69) is 13.8 Å². The summed E-state index contributed by atoms with van der Waals surface area (Å²) in [5.74, 6) is 0.312. The summed E-state index contributed by atoms with van der Waals surface area (Å²) in [7, 11) is 0. The summed E-state index contributed by atoms with van der Waals surface area (Å²) in [4.78, 5) is 0. The van der Waals surface area contributed by atoms with E-state index in [1.54, 1.807) is 6.92 Å². The van der Waals surface area contributed by atoms with Crippen LogP contribution in [0.3, 0.4) is 0 Å². The van der Waals surface area contributed by atoms with Crippen molar-refractivity contribution in [3.63, 3.8) is 0 Å². The Labute approximate surface area is 136 Å².